The van der Waals surface area contributed by atoms with Crippen molar-refractivity contribution in [3.63, 3.8) is 0 Å². The second-order valence-corrected chi connectivity index (χ2v) is 6.96. The Balaban J connectivity index is 1.78. The Hall–Kier alpha value is -3.51. The van der Waals surface area contributed by atoms with Crippen molar-refractivity contribution in [2.45, 2.75) is 6.92 Å². The van der Waals surface area contributed by atoms with Crippen molar-refractivity contribution in [3.8, 4) is 17.3 Å². The molecule has 1 N–H and O–H groups in total. The SMILES string of the molecule is COc1ccc(Cl)cc1NC(=O)c1cnn(-c2cccc(C)c2)c1-n1cccc1. The van der Waals surface area contributed by atoms with Crippen molar-refractivity contribution < 1.29 is 9.53 Å². The number of hydrogen-bond acceptors (Lipinski definition) is 3. The molecular weight excluding hydrogens is 388 g/mol. The first-order valence-corrected chi connectivity index (χ1v) is 9.38. The number of aryl methyl sites for hydroxylation is 1. The van der Waals surface area contributed by atoms with Crippen LogP contribution in [0.25, 0.3) is 11.5 Å². The molecule has 4 aromatic rings. The summed E-state index contributed by atoms with van der Waals surface area (Å²) >= 11 is 6.09. The molecule has 0 atom stereocenters. The minimum atomic E-state index is -0.312. The van der Waals surface area contributed by atoms with E-state index in [0.29, 0.717) is 27.8 Å². The van der Waals surface area contributed by atoms with Crippen LogP contribution >= 0.6 is 11.6 Å². The third-order valence-corrected chi connectivity index (χ3v) is 4.73. The Bertz CT molecular complexity index is 1170. The summed E-state index contributed by atoms with van der Waals surface area (Å²) in [6.07, 6.45) is 5.31. The van der Waals surface area contributed by atoms with Gasteiger partial charge in [-0.3, -0.25) is 4.79 Å². The normalized spacial score (nSPS) is 10.7. The van der Waals surface area contributed by atoms with Crippen LogP contribution in [0, 0.1) is 6.92 Å². The van der Waals surface area contributed by atoms with Crippen LogP contribution in [-0.4, -0.2) is 27.4 Å². The molecule has 29 heavy (non-hydrogen) atoms. The molecule has 0 aliphatic rings. The average molecular weight is 407 g/mol. The third kappa shape index (κ3) is 3.75. The first kappa shape index (κ1) is 18.8. The van der Waals surface area contributed by atoms with Gasteiger partial charge in [0.2, 0.25) is 0 Å². The minimum absolute atomic E-state index is 0.312. The third-order valence-electron chi connectivity index (χ3n) is 4.49. The van der Waals surface area contributed by atoms with E-state index in [0.717, 1.165) is 11.3 Å². The van der Waals surface area contributed by atoms with E-state index in [2.05, 4.69) is 10.4 Å². The first-order chi connectivity index (χ1) is 14.1. The van der Waals surface area contributed by atoms with Crippen LogP contribution in [0.1, 0.15) is 15.9 Å². The van der Waals surface area contributed by atoms with Crippen molar-refractivity contribution in [2.24, 2.45) is 0 Å². The van der Waals surface area contributed by atoms with E-state index in [-0.39, 0.29) is 5.91 Å². The Morgan fingerprint density at radius 2 is 1.90 bits per heavy atom. The van der Waals surface area contributed by atoms with Crippen LogP contribution in [0.2, 0.25) is 5.02 Å². The highest BCUT2D eigenvalue weighted by Gasteiger charge is 2.21. The van der Waals surface area contributed by atoms with Gasteiger partial charge in [-0.15, -0.1) is 0 Å². The van der Waals surface area contributed by atoms with Crippen molar-refractivity contribution in [1.29, 1.82) is 0 Å². The number of ether oxygens (including phenoxy) is 1. The monoisotopic (exact) mass is 406 g/mol. The predicted molar refractivity (Wildman–Crippen MR) is 114 cm³/mol. The van der Waals surface area contributed by atoms with E-state index < -0.39 is 0 Å². The molecule has 0 saturated heterocycles. The van der Waals surface area contributed by atoms with Crippen molar-refractivity contribution in [1.82, 2.24) is 14.3 Å². The summed E-state index contributed by atoms with van der Waals surface area (Å²) in [5.74, 6) is 0.851. The Morgan fingerprint density at radius 3 is 2.62 bits per heavy atom. The zero-order chi connectivity index (χ0) is 20.4. The highest BCUT2D eigenvalue weighted by molar-refractivity contribution is 6.31. The lowest BCUT2D eigenvalue weighted by Gasteiger charge is -2.13. The molecule has 0 aliphatic carbocycles. The summed E-state index contributed by atoms with van der Waals surface area (Å²) in [6, 6.07) is 16.8. The van der Waals surface area contributed by atoms with Crippen molar-refractivity contribution in [2.75, 3.05) is 12.4 Å². The maximum atomic E-state index is 13.1. The molecular formula is C22H19ClN4O2. The summed E-state index contributed by atoms with van der Waals surface area (Å²) < 4.78 is 8.94. The molecule has 0 fully saturated rings. The lowest BCUT2D eigenvalue weighted by molar-refractivity contribution is 0.102. The van der Waals surface area contributed by atoms with Crippen molar-refractivity contribution >= 4 is 23.2 Å². The van der Waals surface area contributed by atoms with Crippen LogP contribution in [-0.2, 0) is 0 Å². The molecule has 2 heterocycles. The lowest BCUT2D eigenvalue weighted by Crippen LogP contribution is -2.16. The van der Waals surface area contributed by atoms with Crippen LogP contribution in [0.5, 0.6) is 5.75 Å². The second-order valence-electron chi connectivity index (χ2n) is 6.52. The van der Waals surface area contributed by atoms with Crippen LogP contribution in [0.3, 0.4) is 0 Å². The van der Waals surface area contributed by atoms with E-state index >= 15 is 0 Å². The number of benzene rings is 2. The van der Waals surface area contributed by atoms with E-state index in [1.54, 1.807) is 36.2 Å². The molecule has 4 rings (SSSR count). The van der Waals surface area contributed by atoms with Gasteiger partial charge in [-0.05, 0) is 55.0 Å². The molecule has 146 valence electrons. The fraction of sp³-hybridized carbons (Fsp3) is 0.0909. The molecule has 6 nitrogen and oxygen atoms in total. The number of nitrogens with zero attached hydrogens (tertiary/aromatic N) is 3. The maximum absolute atomic E-state index is 13.1. The summed E-state index contributed by atoms with van der Waals surface area (Å²) in [7, 11) is 1.54. The quantitative estimate of drug-likeness (QED) is 0.513. The highest BCUT2D eigenvalue weighted by Crippen LogP contribution is 2.29. The molecule has 0 unspecified atom stereocenters. The Labute approximate surface area is 173 Å². The zero-order valence-corrected chi connectivity index (χ0v) is 16.7. The lowest BCUT2D eigenvalue weighted by atomic mass is 10.2. The molecule has 0 aliphatic heterocycles. The number of carbonyl (C=O) groups excluding carboxylic acids is 1. The number of halogens is 1. The smallest absolute Gasteiger partial charge is 0.261 e. The molecule has 2 aromatic heterocycles. The van der Waals surface area contributed by atoms with Gasteiger partial charge in [0.25, 0.3) is 5.91 Å². The minimum Gasteiger partial charge on any atom is -0.495 e. The first-order valence-electron chi connectivity index (χ1n) is 9.00. The summed E-state index contributed by atoms with van der Waals surface area (Å²) in [4.78, 5) is 13.1. The van der Waals surface area contributed by atoms with Gasteiger partial charge in [0.1, 0.15) is 11.3 Å². The molecule has 1 amide bonds. The fourth-order valence-electron chi connectivity index (χ4n) is 3.14. The van der Waals surface area contributed by atoms with Crippen LogP contribution in [0.15, 0.2) is 73.2 Å². The number of methoxy groups -OCH3 is 1. The fourth-order valence-corrected chi connectivity index (χ4v) is 3.31. The van der Waals surface area contributed by atoms with Gasteiger partial charge in [-0.25, -0.2) is 4.68 Å². The highest BCUT2D eigenvalue weighted by atomic mass is 35.5. The van der Waals surface area contributed by atoms with Gasteiger partial charge in [0.05, 0.1) is 24.7 Å². The van der Waals surface area contributed by atoms with Gasteiger partial charge >= 0.3 is 0 Å². The summed E-state index contributed by atoms with van der Waals surface area (Å²) in [5.41, 5.74) is 2.88. The van der Waals surface area contributed by atoms with E-state index in [1.165, 1.54) is 0 Å². The number of anilines is 1. The van der Waals surface area contributed by atoms with Gasteiger partial charge in [-0.1, -0.05) is 23.7 Å². The maximum Gasteiger partial charge on any atom is 0.261 e. The van der Waals surface area contributed by atoms with Gasteiger partial charge in [-0.2, -0.15) is 5.10 Å². The topological polar surface area (TPSA) is 61.1 Å². The van der Waals surface area contributed by atoms with E-state index in [9.17, 15) is 4.79 Å². The number of rotatable bonds is 5. The number of nitrogens with one attached hydrogen (secondary N) is 1. The number of hydrogen-bond donors (Lipinski definition) is 1. The van der Waals surface area contributed by atoms with Crippen LogP contribution in [0.4, 0.5) is 5.69 Å². The van der Waals surface area contributed by atoms with E-state index in [1.807, 2.05) is 60.3 Å². The molecule has 0 saturated carbocycles. The molecule has 0 radical (unpaired) electrons. The molecule has 0 spiro atoms. The largest absolute Gasteiger partial charge is 0.495 e. The summed E-state index contributed by atoms with van der Waals surface area (Å²) in [5, 5.41) is 7.87. The molecule has 7 heteroatoms. The standard InChI is InChI=1S/C22H19ClN4O2/c1-15-6-5-7-17(12-15)27-22(26-10-3-4-11-26)18(14-24-27)21(28)25-19-13-16(23)8-9-20(19)29-2/h3-14H,1-2H3,(H,25,28). The Morgan fingerprint density at radius 1 is 1.10 bits per heavy atom. The van der Waals surface area contributed by atoms with Crippen molar-refractivity contribution in [3.05, 3.63) is 89.3 Å². The van der Waals surface area contributed by atoms with E-state index in [4.69, 9.17) is 16.3 Å². The summed E-state index contributed by atoms with van der Waals surface area (Å²) in [6.45, 7) is 2.02. The Kier molecular flexibility index (Phi) is 5.10. The van der Waals surface area contributed by atoms with Gasteiger partial charge in [0.15, 0.2) is 5.82 Å². The zero-order valence-electron chi connectivity index (χ0n) is 16.0. The second kappa shape index (κ2) is 7.85. The average Bonchev–Trinajstić information content (AvgIpc) is 3.37. The van der Waals surface area contributed by atoms with Gasteiger partial charge in [0, 0.05) is 17.4 Å². The number of amides is 1. The number of carbonyl (C=O) groups is 1. The van der Waals surface area contributed by atoms with Crippen LogP contribution < -0.4 is 10.1 Å². The molecule has 2 aromatic carbocycles. The molecule has 0 bridgehead atoms. The van der Waals surface area contributed by atoms with Gasteiger partial charge < -0.3 is 14.6 Å². The number of aromatic nitrogens is 3. The predicted octanol–water partition coefficient (Wildman–Crippen LogP) is 4.89.